The number of rotatable bonds is 6. The molecule has 2 aromatic rings. The van der Waals surface area contributed by atoms with Crippen LogP contribution in [0.1, 0.15) is 30.5 Å². The topological polar surface area (TPSA) is 84.9 Å². The number of hydrogen-bond acceptors (Lipinski definition) is 5. The summed E-state index contributed by atoms with van der Waals surface area (Å²) in [6.07, 6.45) is 1.46. The highest BCUT2D eigenvalue weighted by Crippen LogP contribution is 2.35. The summed E-state index contributed by atoms with van der Waals surface area (Å²) < 4.78 is 12.1. The molecule has 1 heterocycles. The number of imide groups is 2. The number of halogens is 1. The maximum absolute atomic E-state index is 13.2. The summed E-state index contributed by atoms with van der Waals surface area (Å²) in [6, 6.07) is 8.12. The molecule has 4 amide bonds. The van der Waals surface area contributed by atoms with Crippen molar-refractivity contribution in [2.75, 3.05) is 18.1 Å². The Morgan fingerprint density at radius 3 is 2.39 bits per heavy atom. The quantitative estimate of drug-likeness (QED) is 0.338. The molecule has 0 spiro atoms. The SMILES string of the molecule is CCOc1cc(/C=C2\C(=O)NC(=O)N(c3ccc(C)cc3C)C2=O)cc(I)c1OCC. The Morgan fingerprint density at radius 2 is 1.74 bits per heavy atom. The van der Waals surface area contributed by atoms with Crippen LogP contribution in [0.15, 0.2) is 35.9 Å². The molecule has 2 aromatic carbocycles. The van der Waals surface area contributed by atoms with Crippen molar-refractivity contribution in [1.82, 2.24) is 5.32 Å². The molecule has 0 aromatic heterocycles. The second kappa shape index (κ2) is 9.51. The van der Waals surface area contributed by atoms with E-state index in [2.05, 4.69) is 27.9 Å². The molecule has 0 bridgehead atoms. The third-order valence-corrected chi connectivity index (χ3v) is 5.43. The Labute approximate surface area is 194 Å². The van der Waals surface area contributed by atoms with Crippen molar-refractivity contribution in [1.29, 1.82) is 0 Å². The molecule has 0 saturated carbocycles. The van der Waals surface area contributed by atoms with Crippen LogP contribution in [-0.2, 0) is 9.59 Å². The van der Waals surface area contributed by atoms with E-state index in [9.17, 15) is 14.4 Å². The van der Waals surface area contributed by atoms with Gasteiger partial charge in [0.15, 0.2) is 11.5 Å². The van der Waals surface area contributed by atoms with E-state index in [1.165, 1.54) is 6.08 Å². The largest absolute Gasteiger partial charge is 0.490 e. The number of aryl methyl sites for hydroxylation is 2. The van der Waals surface area contributed by atoms with Gasteiger partial charge >= 0.3 is 6.03 Å². The van der Waals surface area contributed by atoms with Crippen LogP contribution in [0, 0.1) is 17.4 Å². The minimum atomic E-state index is -0.768. The van der Waals surface area contributed by atoms with Crippen LogP contribution in [0.4, 0.5) is 10.5 Å². The lowest BCUT2D eigenvalue weighted by Crippen LogP contribution is -2.54. The first-order valence-corrected chi connectivity index (χ1v) is 10.9. The van der Waals surface area contributed by atoms with Crippen molar-refractivity contribution in [3.63, 3.8) is 0 Å². The van der Waals surface area contributed by atoms with E-state index in [-0.39, 0.29) is 5.57 Å². The van der Waals surface area contributed by atoms with Gasteiger partial charge in [0.05, 0.1) is 22.5 Å². The number of anilines is 1. The molecule has 31 heavy (non-hydrogen) atoms. The molecule has 1 aliphatic heterocycles. The maximum Gasteiger partial charge on any atom is 0.335 e. The normalized spacial score (nSPS) is 15.3. The molecule has 1 aliphatic rings. The van der Waals surface area contributed by atoms with Crippen molar-refractivity contribution in [3.8, 4) is 11.5 Å². The molecule has 8 heteroatoms. The predicted molar refractivity (Wildman–Crippen MR) is 126 cm³/mol. The molecule has 0 atom stereocenters. The number of carbonyl (C=O) groups is 3. The van der Waals surface area contributed by atoms with E-state index in [4.69, 9.17) is 9.47 Å². The minimum Gasteiger partial charge on any atom is -0.490 e. The fourth-order valence-corrected chi connectivity index (χ4v) is 4.10. The van der Waals surface area contributed by atoms with Crippen LogP contribution >= 0.6 is 22.6 Å². The maximum atomic E-state index is 13.2. The van der Waals surface area contributed by atoms with Crippen LogP contribution in [0.25, 0.3) is 6.08 Å². The number of nitrogens with one attached hydrogen (secondary N) is 1. The highest BCUT2D eigenvalue weighted by Gasteiger charge is 2.37. The van der Waals surface area contributed by atoms with Gasteiger partial charge in [0, 0.05) is 0 Å². The molecular formula is C23H23IN2O5. The molecule has 1 N–H and O–H groups in total. The van der Waals surface area contributed by atoms with Crippen molar-refractivity contribution in [2.45, 2.75) is 27.7 Å². The van der Waals surface area contributed by atoms with E-state index in [1.54, 1.807) is 18.2 Å². The second-order valence-electron chi connectivity index (χ2n) is 6.94. The van der Waals surface area contributed by atoms with Crippen molar-refractivity contribution in [2.24, 2.45) is 0 Å². The lowest BCUT2D eigenvalue weighted by atomic mass is 10.0. The van der Waals surface area contributed by atoms with Crippen molar-refractivity contribution < 1.29 is 23.9 Å². The average Bonchev–Trinajstić information content (AvgIpc) is 2.69. The Hall–Kier alpha value is -2.88. The second-order valence-corrected chi connectivity index (χ2v) is 8.11. The Balaban J connectivity index is 2.06. The van der Waals surface area contributed by atoms with Crippen molar-refractivity contribution >= 4 is 52.2 Å². The van der Waals surface area contributed by atoms with E-state index < -0.39 is 17.8 Å². The number of amides is 4. The number of ether oxygens (including phenoxy) is 2. The first kappa shape index (κ1) is 22.8. The number of urea groups is 1. The van der Waals surface area contributed by atoms with E-state index in [1.807, 2.05) is 39.8 Å². The molecule has 0 radical (unpaired) electrons. The third-order valence-electron chi connectivity index (χ3n) is 4.63. The number of nitrogens with zero attached hydrogens (tertiary/aromatic N) is 1. The number of barbiturate groups is 1. The van der Waals surface area contributed by atoms with Gasteiger partial charge in [-0.15, -0.1) is 0 Å². The molecular weight excluding hydrogens is 511 g/mol. The summed E-state index contributed by atoms with van der Waals surface area (Å²) >= 11 is 2.12. The van der Waals surface area contributed by atoms with Gasteiger partial charge in [-0.1, -0.05) is 17.7 Å². The summed E-state index contributed by atoms with van der Waals surface area (Å²) in [7, 11) is 0. The fourth-order valence-electron chi connectivity index (χ4n) is 3.32. The summed E-state index contributed by atoms with van der Waals surface area (Å²) in [5.74, 6) is -0.284. The summed E-state index contributed by atoms with van der Waals surface area (Å²) in [5.41, 5.74) is 2.64. The summed E-state index contributed by atoms with van der Waals surface area (Å²) in [5, 5.41) is 2.26. The van der Waals surface area contributed by atoms with Crippen LogP contribution in [-0.4, -0.2) is 31.1 Å². The third kappa shape index (κ3) is 4.73. The van der Waals surface area contributed by atoms with Crippen LogP contribution in [0.5, 0.6) is 11.5 Å². The monoisotopic (exact) mass is 534 g/mol. The average molecular weight is 534 g/mol. The van der Waals surface area contributed by atoms with Crippen LogP contribution in [0.2, 0.25) is 0 Å². The Morgan fingerprint density at radius 1 is 1.03 bits per heavy atom. The van der Waals surface area contributed by atoms with Crippen LogP contribution < -0.4 is 19.7 Å². The van der Waals surface area contributed by atoms with Gasteiger partial charge < -0.3 is 9.47 Å². The van der Waals surface area contributed by atoms with Gasteiger partial charge in [-0.3, -0.25) is 14.9 Å². The highest BCUT2D eigenvalue weighted by molar-refractivity contribution is 14.1. The first-order chi connectivity index (χ1) is 14.8. The first-order valence-electron chi connectivity index (χ1n) is 9.84. The zero-order valence-electron chi connectivity index (χ0n) is 17.7. The molecule has 0 aliphatic carbocycles. The minimum absolute atomic E-state index is 0.137. The predicted octanol–water partition coefficient (Wildman–Crippen LogP) is 4.37. The molecule has 1 saturated heterocycles. The Kier molecular flexibility index (Phi) is 6.99. The lowest BCUT2D eigenvalue weighted by Gasteiger charge is -2.27. The summed E-state index contributed by atoms with van der Waals surface area (Å²) in [4.78, 5) is 39.1. The zero-order valence-corrected chi connectivity index (χ0v) is 19.9. The summed E-state index contributed by atoms with van der Waals surface area (Å²) in [6.45, 7) is 8.39. The van der Waals surface area contributed by atoms with Gasteiger partial charge in [0.2, 0.25) is 0 Å². The van der Waals surface area contributed by atoms with Crippen LogP contribution in [0.3, 0.4) is 0 Å². The molecule has 3 rings (SSSR count). The molecule has 1 fully saturated rings. The molecule has 7 nitrogen and oxygen atoms in total. The van der Waals surface area contributed by atoms with E-state index >= 15 is 0 Å². The van der Waals surface area contributed by atoms with Crippen molar-refractivity contribution in [3.05, 3.63) is 56.2 Å². The number of hydrogen-bond donors (Lipinski definition) is 1. The number of carbonyl (C=O) groups excluding carboxylic acids is 3. The van der Waals surface area contributed by atoms with Gasteiger partial charge in [-0.25, -0.2) is 9.69 Å². The molecule has 0 unspecified atom stereocenters. The Bertz CT molecular complexity index is 1090. The van der Waals surface area contributed by atoms with Gasteiger partial charge in [0.25, 0.3) is 11.8 Å². The van der Waals surface area contributed by atoms with Gasteiger partial charge in [-0.05, 0) is 85.7 Å². The highest BCUT2D eigenvalue weighted by atomic mass is 127. The fraction of sp³-hybridized carbons (Fsp3) is 0.261. The van der Waals surface area contributed by atoms with E-state index in [0.29, 0.717) is 36.0 Å². The standard InChI is InChI=1S/C23H23IN2O5/c1-5-30-19-12-15(11-17(24)20(19)31-6-2)10-16-21(27)25-23(29)26(22(16)28)18-8-7-13(3)9-14(18)4/h7-12H,5-6H2,1-4H3,(H,25,27,29)/b16-10+. The smallest absolute Gasteiger partial charge is 0.335 e. The molecule has 162 valence electrons. The zero-order chi connectivity index (χ0) is 22.7. The van der Waals surface area contributed by atoms with Gasteiger partial charge in [-0.2, -0.15) is 0 Å². The number of benzene rings is 2. The van der Waals surface area contributed by atoms with Gasteiger partial charge in [0.1, 0.15) is 5.57 Å². The lowest BCUT2D eigenvalue weighted by molar-refractivity contribution is -0.122. The van der Waals surface area contributed by atoms with E-state index in [0.717, 1.165) is 19.6 Å².